The summed E-state index contributed by atoms with van der Waals surface area (Å²) < 4.78 is 2.91. The first-order chi connectivity index (χ1) is 6.59. The Morgan fingerprint density at radius 1 is 1.79 bits per heavy atom. The maximum absolute atomic E-state index is 10.9. The van der Waals surface area contributed by atoms with Crippen molar-refractivity contribution in [1.82, 2.24) is 14.7 Å². The van der Waals surface area contributed by atoms with Crippen molar-refractivity contribution >= 4 is 28.7 Å². The summed E-state index contributed by atoms with van der Waals surface area (Å²) in [4.78, 5) is 12.3. The SMILES string of the molecule is CC1Cn2ncc(I)c2CN1C(=O)O. The Morgan fingerprint density at radius 2 is 2.50 bits per heavy atom. The van der Waals surface area contributed by atoms with Crippen molar-refractivity contribution in [3.63, 3.8) is 0 Å². The molecule has 2 rings (SSSR count). The number of halogens is 1. The van der Waals surface area contributed by atoms with E-state index in [1.165, 1.54) is 4.90 Å². The summed E-state index contributed by atoms with van der Waals surface area (Å²) in [6, 6.07) is -0.00398. The quantitative estimate of drug-likeness (QED) is 0.737. The van der Waals surface area contributed by atoms with E-state index in [9.17, 15) is 4.79 Å². The smallest absolute Gasteiger partial charge is 0.407 e. The number of nitrogens with zero attached hydrogens (tertiary/aromatic N) is 3. The minimum absolute atomic E-state index is 0.00398. The van der Waals surface area contributed by atoms with Gasteiger partial charge in [0.25, 0.3) is 0 Å². The van der Waals surface area contributed by atoms with Crippen LogP contribution < -0.4 is 0 Å². The van der Waals surface area contributed by atoms with E-state index in [0.29, 0.717) is 13.1 Å². The maximum Gasteiger partial charge on any atom is 0.407 e. The molecule has 1 aliphatic heterocycles. The molecular weight excluding hydrogens is 297 g/mol. The second-order valence-electron chi connectivity index (χ2n) is 3.38. The van der Waals surface area contributed by atoms with Crippen LogP contribution in [0.15, 0.2) is 6.20 Å². The van der Waals surface area contributed by atoms with Gasteiger partial charge in [0.2, 0.25) is 0 Å². The lowest BCUT2D eigenvalue weighted by atomic mass is 10.2. The molecule has 1 unspecified atom stereocenters. The summed E-state index contributed by atoms with van der Waals surface area (Å²) in [6.45, 7) is 2.98. The number of aromatic nitrogens is 2. The van der Waals surface area contributed by atoms with E-state index in [1.807, 2.05) is 11.6 Å². The predicted octanol–water partition coefficient (Wildman–Crippen LogP) is 1.37. The van der Waals surface area contributed by atoms with Crippen LogP contribution in [0.2, 0.25) is 0 Å². The van der Waals surface area contributed by atoms with E-state index in [1.54, 1.807) is 6.20 Å². The number of rotatable bonds is 0. The highest BCUT2D eigenvalue weighted by atomic mass is 127. The third kappa shape index (κ3) is 1.47. The van der Waals surface area contributed by atoms with Gasteiger partial charge in [0.1, 0.15) is 0 Å². The number of carbonyl (C=O) groups is 1. The summed E-state index contributed by atoms with van der Waals surface area (Å²) in [7, 11) is 0. The molecule has 0 aliphatic carbocycles. The van der Waals surface area contributed by atoms with E-state index in [0.717, 1.165) is 9.26 Å². The zero-order chi connectivity index (χ0) is 10.3. The first kappa shape index (κ1) is 9.75. The molecule has 1 aromatic rings. The molecule has 0 spiro atoms. The normalized spacial score (nSPS) is 20.7. The van der Waals surface area contributed by atoms with Gasteiger partial charge in [-0.25, -0.2) is 4.79 Å². The zero-order valence-corrected chi connectivity index (χ0v) is 9.80. The van der Waals surface area contributed by atoms with Crippen molar-refractivity contribution in [2.45, 2.75) is 26.1 Å². The van der Waals surface area contributed by atoms with Crippen LogP contribution in [0.5, 0.6) is 0 Å². The number of fused-ring (bicyclic) bond motifs is 1. The molecule has 2 heterocycles. The lowest BCUT2D eigenvalue weighted by molar-refractivity contribution is 0.105. The fourth-order valence-electron chi connectivity index (χ4n) is 1.62. The second-order valence-corrected chi connectivity index (χ2v) is 4.54. The van der Waals surface area contributed by atoms with Gasteiger partial charge in [-0.2, -0.15) is 5.10 Å². The lowest BCUT2D eigenvalue weighted by Crippen LogP contribution is -2.44. The van der Waals surface area contributed by atoms with Crippen LogP contribution in [0.3, 0.4) is 0 Å². The monoisotopic (exact) mass is 307 g/mol. The van der Waals surface area contributed by atoms with Crippen LogP contribution in [0.25, 0.3) is 0 Å². The van der Waals surface area contributed by atoms with Gasteiger partial charge in [-0.05, 0) is 29.5 Å². The van der Waals surface area contributed by atoms with Gasteiger partial charge < -0.3 is 5.11 Å². The van der Waals surface area contributed by atoms with E-state index < -0.39 is 6.09 Å². The fraction of sp³-hybridized carbons (Fsp3) is 0.500. The van der Waals surface area contributed by atoms with Gasteiger partial charge in [-0.3, -0.25) is 9.58 Å². The van der Waals surface area contributed by atoms with E-state index in [2.05, 4.69) is 27.7 Å². The van der Waals surface area contributed by atoms with Crippen LogP contribution in [0, 0.1) is 3.57 Å². The van der Waals surface area contributed by atoms with Crippen LogP contribution in [0.4, 0.5) is 4.79 Å². The largest absolute Gasteiger partial charge is 0.465 e. The highest BCUT2D eigenvalue weighted by Gasteiger charge is 2.28. The summed E-state index contributed by atoms with van der Waals surface area (Å²) in [5, 5.41) is 13.1. The molecule has 0 radical (unpaired) electrons. The molecule has 6 heteroatoms. The number of hydrogen-bond donors (Lipinski definition) is 1. The van der Waals surface area contributed by atoms with Crippen molar-refractivity contribution in [3.05, 3.63) is 15.5 Å². The third-order valence-corrected chi connectivity index (χ3v) is 3.33. The highest BCUT2D eigenvalue weighted by molar-refractivity contribution is 14.1. The maximum atomic E-state index is 10.9. The van der Waals surface area contributed by atoms with Crippen molar-refractivity contribution in [3.8, 4) is 0 Å². The van der Waals surface area contributed by atoms with Crippen molar-refractivity contribution < 1.29 is 9.90 Å². The van der Waals surface area contributed by atoms with Crippen LogP contribution in [-0.2, 0) is 13.1 Å². The van der Waals surface area contributed by atoms with Crippen LogP contribution in [0.1, 0.15) is 12.6 Å². The molecule has 0 fully saturated rings. The topological polar surface area (TPSA) is 58.4 Å². The van der Waals surface area contributed by atoms with Gasteiger partial charge in [0.05, 0.1) is 34.6 Å². The summed E-state index contributed by atoms with van der Waals surface area (Å²) in [5.41, 5.74) is 0.992. The van der Waals surface area contributed by atoms with Gasteiger partial charge in [-0.1, -0.05) is 0 Å². The van der Waals surface area contributed by atoms with Crippen LogP contribution >= 0.6 is 22.6 Å². The summed E-state index contributed by atoms with van der Waals surface area (Å²) >= 11 is 2.18. The second kappa shape index (κ2) is 3.41. The molecule has 0 bridgehead atoms. The summed E-state index contributed by atoms with van der Waals surface area (Å²) in [6.07, 6.45) is 0.911. The molecule has 1 aliphatic rings. The molecule has 0 saturated carbocycles. The molecule has 14 heavy (non-hydrogen) atoms. The minimum atomic E-state index is -0.860. The number of carboxylic acid groups (broad SMARTS) is 1. The van der Waals surface area contributed by atoms with Gasteiger partial charge in [0.15, 0.2) is 0 Å². The number of amides is 1. The average Bonchev–Trinajstić information content (AvgIpc) is 2.46. The first-order valence-corrected chi connectivity index (χ1v) is 5.37. The Kier molecular flexibility index (Phi) is 2.38. The first-order valence-electron chi connectivity index (χ1n) is 4.29. The molecule has 1 atom stereocenters. The zero-order valence-electron chi connectivity index (χ0n) is 7.64. The Bertz CT molecular complexity index is 377. The molecule has 76 valence electrons. The lowest BCUT2D eigenvalue weighted by Gasteiger charge is -2.31. The molecule has 1 amide bonds. The Hall–Kier alpha value is -0.790. The van der Waals surface area contributed by atoms with Gasteiger partial charge in [-0.15, -0.1) is 0 Å². The number of hydrogen-bond acceptors (Lipinski definition) is 2. The predicted molar refractivity (Wildman–Crippen MR) is 58.0 cm³/mol. The standard InChI is InChI=1S/C8H10IN3O2/c1-5-3-12-7(6(9)2-10-12)4-11(5)8(13)14/h2,5H,3-4H2,1H3,(H,13,14). The molecule has 0 aromatic carbocycles. The van der Waals surface area contributed by atoms with Gasteiger partial charge in [0, 0.05) is 0 Å². The van der Waals surface area contributed by atoms with Crippen molar-refractivity contribution in [2.24, 2.45) is 0 Å². The average molecular weight is 307 g/mol. The molecule has 5 nitrogen and oxygen atoms in total. The van der Waals surface area contributed by atoms with E-state index in [4.69, 9.17) is 5.11 Å². The van der Waals surface area contributed by atoms with E-state index >= 15 is 0 Å². The highest BCUT2D eigenvalue weighted by Crippen LogP contribution is 2.21. The Morgan fingerprint density at radius 3 is 3.14 bits per heavy atom. The van der Waals surface area contributed by atoms with Gasteiger partial charge >= 0.3 is 6.09 Å². The Labute approximate surface area is 94.8 Å². The third-order valence-electron chi connectivity index (χ3n) is 2.43. The summed E-state index contributed by atoms with van der Waals surface area (Å²) in [5.74, 6) is 0. The van der Waals surface area contributed by atoms with E-state index in [-0.39, 0.29) is 6.04 Å². The van der Waals surface area contributed by atoms with Crippen molar-refractivity contribution in [1.29, 1.82) is 0 Å². The molecule has 0 saturated heterocycles. The Balaban J connectivity index is 2.33. The molecular formula is C8H10IN3O2. The minimum Gasteiger partial charge on any atom is -0.465 e. The van der Waals surface area contributed by atoms with Crippen molar-refractivity contribution in [2.75, 3.05) is 0 Å². The molecule has 1 aromatic heterocycles. The van der Waals surface area contributed by atoms with Crippen LogP contribution in [-0.4, -0.2) is 31.9 Å². The molecule has 1 N–H and O–H groups in total. The fourth-order valence-corrected chi connectivity index (χ4v) is 2.20.